The lowest BCUT2D eigenvalue weighted by Crippen LogP contribution is -2.01. The standard InChI is InChI=1S/C57H37N5/c1-4-15-38(16-5-1)40-27-29-43(30-28-40)56-58-55(42-19-8-3-9-20-42)59-57(60-56)44-21-14-22-46(35-44)62-52-26-13-11-24-48(52)50-36-49-47-23-10-12-25-51(47)61(53(49)37-54(50)62)45-33-31-41(32-34-45)39-17-6-2-7-18-39/h1-37H. The minimum Gasteiger partial charge on any atom is -0.309 e. The van der Waals surface area contributed by atoms with Crippen LogP contribution >= 0.6 is 0 Å². The maximum atomic E-state index is 5.15. The van der Waals surface area contributed by atoms with Gasteiger partial charge in [-0.2, -0.15) is 0 Å². The Morgan fingerprint density at radius 2 is 0.613 bits per heavy atom. The number of hydrogen-bond donors (Lipinski definition) is 0. The number of para-hydroxylation sites is 2. The van der Waals surface area contributed by atoms with Gasteiger partial charge in [0.15, 0.2) is 17.5 Å². The molecule has 12 aromatic rings. The molecule has 0 spiro atoms. The van der Waals surface area contributed by atoms with Crippen molar-refractivity contribution in [2.75, 3.05) is 0 Å². The zero-order valence-corrected chi connectivity index (χ0v) is 33.6. The van der Waals surface area contributed by atoms with E-state index in [1.165, 1.54) is 43.8 Å². The minimum atomic E-state index is 0.616. The molecule has 0 atom stereocenters. The van der Waals surface area contributed by atoms with Crippen LogP contribution in [0.2, 0.25) is 0 Å². The van der Waals surface area contributed by atoms with E-state index in [0.29, 0.717) is 17.5 Å². The molecule has 3 aromatic heterocycles. The highest BCUT2D eigenvalue weighted by Crippen LogP contribution is 2.40. The molecule has 0 aliphatic rings. The van der Waals surface area contributed by atoms with Gasteiger partial charge in [0.1, 0.15) is 0 Å². The second-order valence-electron chi connectivity index (χ2n) is 15.7. The Labute approximate surface area is 358 Å². The summed E-state index contributed by atoms with van der Waals surface area (Å²) in [5, 5.41) is 4.85. The largest absolute Gasteiger partial charge is 0.309 e. The van der Waals surface area contributed by atoms with Gasteiger partial charge in [0.05, 0.1) is 22.1 Å². The van der Waals surface area contributed by atoms with E-state index in [0.717, 1.165) is 50.2 Å². The van der Waals surface area contributed by atoms with Gasteiger partial charge in [0.2, 0.25) is 0 Å². The van der Waals surface area contributed by atoms with E-state index in [-0.39, 0.29) is 0 Å². The van der Waals surface area contributed by atoms with Gasteiger partial charge in [0, 0.05) is 49.6 Å². The Balaban J connectivity index is 1.03. The van der Waals surface area contributed by atoms with Crippen LogP contribution in [0.5, 0.6) is 0 Å². The van der Waals surface area contributed by atoms with Gasteiger partial charge in [-0.1, -0.05) is 176 Å². The SMILES string of the molecule is c1ccc(-c2ccc(-c3nc(-c4ccccc4)nc(-c4cccc(-n5c6ccccc6c6cc7c8ccccc8n(-c8ccc(-c9ccccc9)cc8)c7cc65)c4)n3)cc2)cc1. The van der Waals surface area contributed by atoms with Crippen molar-refractivity contribution in [1.29, 1.82) is 0 Å². The molecule has 0 aliphatic carbocycles. The van der Waals surface area contributed by atoms with Crippen molar-refractivity contribution in [3.05, 3.63) is 224 Å². The van der Waals surface area contributed by atoms with Crippen LogP contribution in [0.1, 0.15) is 0 Å². The van der Waals surface area contributed by atoms with Crippen LogP contribution in [0.4, 0.5) is 0 Å². The van der Waals surface area contributed by atoms with Gasteiger partial charge in [-0.3, -0.25) is 0 Å². The molecule has 0 N–H and O–H groups in total. The number of hydrogen-bond acceptors (Lipinski definition) is 3. The smallest absolute Gasteiger partial charge is 0.164 e. The van der Waals surface area contributed by atoms with Gasteiger partial charge in [-0.15, -0.1) is 0 Å². The third-order valence-electron chi connectivity index (χ3n) is 12.0. The first-order valence-electron chi connectivity index (χ1n) is 20.9. The van der Waals surface area contributed by atoms with Crippen LogP contribution in [0.3, 0.4) is 0 Å². The Hall–Kier alpha value is -8.41. The topological polar surface area (TPSA) is 48.5 Å². The molecule has 0 saturated carbocycles. The molecule has 0 aliphatic heterocycles. The Kier molecular flexibility index (Phi) is 8.42. The third kappa shape index (κ3) is 6.06. The van der Waals surface area contributed by atoms with E-state index in [1.807, 2.05) is 36.4 Å². The van der Waals surface area contributed by atoms with Crippen molar-refractivity contribution in [2.45, 2.75) is 0 Å². The van der Waals surface area contributed by atoms with E-state index in [9.17, 15) is 0 Å². The first-order valence-corrected chi connectivity index (χ1v) is 20.9. The zero-order valence-electron chi connectivity index (χ0n) is 33.6. The summed E-state index contributed by atoms with van der Waals surface area (Å²) in [7, 11) is 0. The first kappa shape index (κ1) is 35.5. The van der Waals surface area contributed by atoms with Crippen LogP contribution in [0.15, 0.2) is 224 Å². The quantitative estimate of drug-likeness (QED) is 0.162. The molecule has 0 radical (unpaired) electrons. The summed E-state index contributed by atoms with van der Waals surface area (Å²) in [6.45, 7) is 0. The predicted octanol–water partition coefficient (Wildman–Crippen LogP) is 14.4. The van der Waals surface area contributed by atoms with Gasteiger partial charge in [-0.25, -0.2) is 15.0 Å². The van der Waals surface area contributed by atoms with E-state index in [1.54, 1.807) is 0 Å². The summed E-state index contributed by atoms with van der Waals surface area (Å²) in [5.74, 6) is 1.87. The number of aromatic nitrogens is 5. The molecule has 12 rings (SSSR count). The number of fused-ring (bicyclic) bond motifs is 6. The van der Waals surface area contributed by atoms with E-state index < -0.39 is 0 Å². The fourth-order valence-electron chi connectivity index (χ4n) is 9.00. The first-order chi connectivity index (χ1) is 30.7. The number of rotatable bonds is 7. The Bertz CT molecular complexity index is 3590. The third-order valence-corrected chi connectivity index (χ3v) is 12.0. The summed E-state index contributed by atoms with van der Waals surface area (Å²) in [5.41, 5.74) is 14.2. The molecule has 0 amide bonds. The maximum Gasteiger partial charge on any atom is 0.164 e. The average Bonchev–Trinajstić information content (AvgIpc) is 3.86. The molecule has 9 aromatic carbocycles. The molecule has 0 fully saturated rings. The molecular formula is C57H37N5. The van der Waals surface area contributed by atoms with Crippen LogP contribution in [-0.4, -0.2) is 24.1 Å². The van der Waals surface area contributed by atoms with Crippen molar-refractivity contribution < 1.29 is 0 Å². The molecule has 5 heteroatoms. The summed E-state index contributed by atoms with van der Waals surface area (Å²) < 4.78 is 4.79. The van der Waals surface area contributed by atoms with Crippen molar-refractivity contribution in [3.8, 4) is 67.8 Å². The lowest BCUT2D eigenvalue weighted by Gasteiger charge is -2.12. The monoisotopic (exact) mass is 791 g/mol. The summed E-state index contributed by atoms with van der Waals surface area (Å²) in [4.78, 5) is 15.3. The molecule has 290 valence electrons. The Morgan fingerprint density at radius 3 is 1.16 bits per heavy atom. The summed E-state index contributed by atoms with van der Waals surface area (Å²) in [6, 6.07) is 79.3. The average molecular weight is 792 g/mol. The molecule has 0 unspecified atom stereocenters. The fourth-order valence-corrected chi connectivity index (χ4v) is 9.00. The van der Waals surface area contributed by atoms with Gasteiger partial charge >= 0.3 is 0 Å². The lowest BCUT2D eigenvalue weighted by molar-refractivity contribution is 1.07. The van der Waals surface area contributed by atoms with Crippen LogP contribution in [0, 0.1) is 0 Å². The summed E-state index contributed by atoms with van der Waals surface area (Å²) >= 11 is 0. The predicted molar refractivity (Wildman–Crippen MR) is 256 cm³/mol. The second kappa shape index (κ2) is 14.7. The van der Waals surface area contributed by atoms with Crippen molar-refractivity contribution in [3.63, 3.8) is 0 Å². The van der Waals surface area contributed by atoms with Gasteiger partial charge < -0.3 is 9.13 Å². The summed E-state index contributed by atoms with van der Waals surface area (Å²) in [6.07, 6.45) is 0. The second-order valence-corrected chi connectivity index (χ2v) is 15.7. The highest BCUT2D eigenvalue weighted by atomic mass is 15.0. The zero-order chi connectivity index (χ0) is 41.0. The normalized spacial score (nSPS) is 11.5. The van der Waals surface area contributed by atoms with E-state index >= 15 is 0 Å². The number of benzene rings is 9. The molecular weight excluding hydrogens is 755 g/mol. The van der Waals surface area contributed by atoms with Crippen molar-refractivity contribution in [2.24, 2.45) is 0 Å². The molecule has 5 nitrogen and oxygen atoms in total. The molecule has 0 bridgehead atoms. The van der Waals surface area contributed by atoms with Crippen molar-refractivity contribution in [1.82, 2.24) is 24.1 Å². The van der Waals surface area contributed by atoms with Gasteiger partial charge in [0.25, 0.3) is 0 Å². The minimum absolute atomic E-state index is 0.616. The molecule has 0 saturated heterocycles. The van der Waals surface area contributed by atoms with Gasteiger partial charge in [-0.05, 0) is 70.8 Å². The van der Waals surface area contributed by atoms with Crippen LogP contribution < -0.4 is 0 Å². The van der Waals surface area contributed by atoms with Crippen LogP contribution in [0.25, 0.3) is 111 Å². The fraction of sp³-hybridized carbons (Fsp3) is 0. The molecule has 62 heavy (non-hydrogen) atoms. The highest BCUT2D eigenvalue weighted by Gasteiger charge is 2.20. The maximum absolute atomic E-state index is 5.15. The molecule has 3 heterocycles. The number of nitrogens with zero attached hydrogens (tertiary/aromatic N) is 5. The highest BCUT2D eigenvalue weighted by molar-refractivity contribution is 6.19. The van der Waals surface area contributed by atoms with E-state index in [2.05, 4.69) is 197 Å². The Morgan fingerprint density at radius 1 is 0.226 bits per heavy atom. The van der Waals surface area contributed by atoms with E-state index in [4.69, 9.17) is 15.0 Å². The van der Waals surface area contributed by atoms with Crippen LogP contribution in [-0.2, 0) is 0 Å². The lowest BCUT2D eigenvalue weighted by atomic mass is 10.0. The van der Waals surface area contributed by atoms with Crippen molar-refractivity contribution >= 4 is 43.6 Å².